The van der Waals surface area contributed by atoms with Gasteiger partial charge in [-0.15, -0.1) is 0 Å². The normalized spacial score (nSPS) is 12.6. The van der Waals surface area contributed by atoms with Crippen LogP contribution in [0.1, 0.15) is 25.0 Å². The third-order valence-corrected chi connectivity index (χ3v) is 11.7. The third-order valence-electron chi connectivity index (χ3n) is 11.7. The molecule has 0 unspecified atom stereocenters. The van der Waals surface area contributed by atoms with Crippen LogP contribution in [0.4, 0.5) is 17.1 Å². The molecule has 0 bridgehead atoms. The van der Waals surface area contributed by atoms with Crippen LogP contribution in [0.2, 0.25) is 0 Å². The van der Waals surface area contributed by atoms with Crippen LogP contribution in [0.5, 0.6) is 0 Å². The topological polar surface area (TPSA) is 3.24 Å². The zero-order valence-corrected chi connectivity index (χ0v) is 31.7. The molecule has 9 aromatic rings. The maximum atomic E-state index is 2.43. The Labute approximate surface area is 329 Å². The van der Waals surface area contributed by atoms with Gasteiger partial charge in [0.1, 0.15) is 0 Å². The van der Waals surface area contributed by atoms with Crippen molar-refractivity contribution in [2.75, 3.05) is 4.90 Å². The Balaban J connectivity index is 1.13. The number of benzene rings is 9. The summed E-state index contributed by atoms with van der Waals surface area (Å²) in [7, 11) is 0. The Morgan fingerprint density at radius 3 is 1.52 bits per heavy atom. The van der Waals surface area contributed by atoms with Crippen molar-refractivity contribution in [3.8, 4) is 55.6 Å². The lowest BCUT2D eigenvalue weighted by Crippen LogP contribution is -2.16. The maximum absolute atomic E-state index is 2.43. The lowest BCUT2D eigenvalue weighted by Gasteiger charge is -2.29. The molecular formula is C55H41N. The number of rotatable bonds is 7. The molecule has 0 N–H and O–H groups in total. The van der Waals surface area contributed by atoms with E-state index < -0.39 is 0 Å². The van der Waals surface area contributed by atoms with Crippen LogP contribution in [0.25, 0.3) is 66.4 Å². The smallest absolute Gasteiger partial charge is 0.0468 e. The first kappa shape index (κ1) is 33.6. The van der Waals surface area contributed by atoms with Gasteiger partial charge in [-0.1, -0.05) is 184 Å². The van der Waals surface area contributed by atoms with Crippen molar-refractivity contribution in [3.05, 3.63) is 223 Å². The molecule has 266 valence electrons. The minimum atomic E-state index is -0.115. The minimum absolute atomic E-state index is 0.115. The molecule has 9 aromatic carbocycles. The minimum Gasteiger partial charge on any atom is -0.310 e. The quantitative estimate of drug-likeness (QED) is 0.159. The van der Waals surface area contributed by atoms with Crippen LogP contribution in [0.15, 0.2) is 212 Å². The number of fused-ring (bicyclic) bond motifs is 4. The summed E-state index contributed by atoms with van der Waals surface area (Å²) >= 11 is 0. The highest BCUT2D eigenvalue weighted by molar-refractivity contribution is 5.92. The van der Waals surface area contributed by atoms with Gasteiger partial charge in [0.25, 0.3) is 0 Å². The van der Waals surface area contributed by atoms with Gasteiger partial charge < -0.3 is 4.90 Å². The zero-order chi connectivity index (χ0) is 37.6. The van der Waals surface area contributed by atoms with E-state index in [1.807, 2.05) is 0 Å². The lowest BCUT2D eigenvalue weighted by molar-refractivity contribution is 0.660. The van der Waals surface area contributed by atoms with Crippen molar-refractivity contribution in [1.29, 1.82) is 0 Å². The number of hydrogen-bond acceptors (Lipinski definition) is 1. The van der Waals surface area contributed by atoms with E-state index in [2.05, 4.69) is 231 Å². The van der Waals surface area contributed by atoms with Crippen molar-refractivity contribution in [3.63, 3.8) is 0 Å². The molecule has 0 spiro atoms. The van der Waals surface area contributed by atoms with Gasteiger partial charge in [0, 0.05) is 22.5 Å². The van der Waals surface area contributed by atoms with Gasteiger partial charge in [-0.2, -0.15) is 0 Å². The van der Waals surface area contributed by atoms with Crippen molar-refractivity contribution in [2.45, 2.75) is 19.3 Å². The zero-order valence-electron chi connectivity index (χ0n) is 31.7. The van der Waals surface area contributed by atoms with E-state index in [0.717, 1.165) is 17.1 Å². The summed E-state index contributed by atoms with van der Waals surface area (Å²) in [6, 6.07) is 77.7. The molecule has 0 amide bonds. The fourth-order valence-electron chi connectivity index (χ4n) is 8.70. The van der Waals surface area contributed by atoms with Crippen molar-refractivity contribution < 1.29 is 0 Å². The van der Waals surface area contributed by atoms with Crippen LogP contribution < -0.4 is 4.90 Å². The van der Waals surface area contributed by atoms with Crippen molar-refractivity contribution >= 4 is 27.8 Å². The second kappa shape index (κ2) is 13.7. The van der Waals surface area contributed by atoms with E-state index in [-0.39, 0.29) is 5.41 Å². The Bertz CT molecular complexity index is 2850. The van der Waals surface area contributed by atoms with Crippen molar-refractivity contribution in [2.24, 2.45) is 0 Å². The summed E-state index contributed by atoms with van der Waals surface area (Å²) in [5, 5.41) is 2.51. The molecule has 0 saturated heterocycles. The molecule has 1 aliphatic carbocycles. The molecule has 0 radical (unpaired) electrons. The summed E-state index contributed by atoms with van der Waals surface area (Å²) < 4.78 is 0. The van der Waals surface area contributed by atoms with E-state index in [9.17, 15) is 0 Å². The van der Waals surface area contributed by atoms with Gasteiger partial charge >= 0.3 is 0 Å². The molecule has 0 heterocycles. The molecule has 0 fully saturated rings. The summed E-state index contributed by atoms with van der Waals surface area (Å²) in [4.78, 5) is 2.43. The van der Waals surface area contributed by atoms with Crippen LogP contribution in [-0.4, -0.2) is 0 Å². The van der Waals surface area contributed by atoms with E-state index in [1.54, 1.807) is 0 Å². The molecule has 56 heavy (non-hydrogen) atoms. The van der Waals surface area contributed by atoms with Crippen LogP contribution in [0.3, 0.4) is 0 Å². The Hall–Kier alpha value is -6.96. The van der Waals surface area contributed by atoms with Gasteiger partial charge in [-0.25, -0.2) is 0 Å². The van der Waals surface area contributed by atoms with Crippen LogP contribution >= 0.6 is 0 Å². The average Bonchev–Trinajstić information content (AvgIpc) is 3.49. The second-order valence-electron chi connectivity index (χ2n) is 15.4. The molecular weight excluding hydrogens is 675 g/mol. The highest BCUT2D eigenvalue weighted by Crippen LogP contribution is 2.51. The maximum Gasteiger partial charge on any atom is 0.0468 e. The second-order valence-corrected chi connectivity index (χ2v) is 15.4. The first-order chi connectivity index (χ1) is 27.5. The SMILES string of the molecule is CC1(C)c2ccccc2-c2ccc(N(c3ccc(-c4ccc5ccccc5c4)cc3)c3ccc(-c4ccccc4)c(-c4ccc(-c5ccccc5)cc4)c3)cc21. The summed E-state index contributed by atoms with van der Waals surface area (Å²) in [5.74, 6) is 0. The van der Waals surface area contributed by atoms with E-state index in [1.165, 1.54) is 77.5 Å². The van der Waals surface area contributed by atoms with Gasteiger partial charge in [0.05, 0.1) is 0 Å². The molecule has 0 aromatic heterocycles. The molecule has 0 atom stereocenters. The molecule has 0 saturated carbocycles. The van der Waals surface area contributed by atoms with Gasteiger partial charge in [-0.05, 0) is 120 Å². The highest BCUT2D eigenvalue weighted by atomic mass is 15.1. The summed E-state index contributed by atoms with van der Waals surface area (Å²) in [6.45, 7) is 4.71. The predicted octanol–water partition coefficient (Wildman–Crippen LogP) is 15.3. The lowest BCUT2D eigenvalue weighted by atomic mass is 9.82. The summed E-state index contributed by atoms with van der Waals surface area (Å²) in [5.41, 5.74) is 18.3. The first-order valence-electron chi connectivity index (χ1n) is 19.5. The first-order valence-corrected chi connectivity index (χ1v) is 19.5. The molecule has 1 heteroatoms. The van der Waals surface area contributed by atoms with Gasteiger partial charge in [0.2, 0.25) is 0 Å². The largest absolute Gasteiger partial charge is 0.310 e. The van der Waals surface area contributed by atoms with E-state index in [4.69, 9.17) is 0 Å². The molecule has 0 aliphatic heterocycles. The fourth-order valence-corrected chi connectivity index (χ4v) is 8.70. The predicted molar refractivity (Wildman–Crippen MR) is 238 cm³/mol. The van der Waals surface area contributed by atoms with Crippen LogP contribution in [-0.2, 0) is 5.41 Å². The Kier molecular flexibility index (Phi) is 8.23. The monoisotopic (exact) mass is 715 g/mol. The summed E-state index contributed by atoms with van der Waals surface area (Å²) in [6.07, 6.45) is 0. The number of anilines is 3. The highest BCUT2D eigenvalue weighted by Gasteiger charge is 2.35. The molecule has 1 nitrogen and oxygen atoms in total. The Morgan fingerprint density at radius 2 is 0.768 bits per heavy atom. The van der Waals surface area contributed by atoms with Gasteiger partial charge in [-0.3, -0.25) is 0 Å². The fraction of sp³-hybridized carbons (Fsp3) is 0.0545. The molecule has 1 aliphatic rings. The molecule has 10 rings (SSSR count). The average molecular weight is 716 g/mol. The standard InChI is InChI=1S/C55H41N/c1-55(2)53-20-12-11-19-50(53)51-34-32-48(37-54(51)55)56(46-29-27-41(28-30-46)45-26-23-39-15-9-10-18-44(39)35-45)47-31-33-49(42-16-7-4-8-17-42)52(36-47)43-24-21-40(22-25-43)38-13-5-3-6-14-38/h3-37H,1-2H3. The third kappa shape index (κ3) is 5.90. The van der Waals surface area contributed by atoms with Crippen LogP contribution in [0, 0.1) is 0 Å². The Morgan fingerprint density at radius 1 is 0.286 bits per heavy atom. The number of nitrogens with zero attached hydrogens (tertiary/aromatic N) is 1. The van der Waals surface area contributed by atoms with E-state index in [0.29, 0.717) is 0 Å². The van der Waals surface area contributed by atoms with Crippen molar-refractivity contribution in [1.82, 2.24) is 0 Å². The van der Waals surface area contributed by atoms with E-state index >= 15 is 0 Å². The number of hydrogen-bond donors (Lipinski definition) is 0. The van der Waals surface area contributed by atoms with Gasteiger partial charge in [0.15, 0.2) is 0 Å².